The Balaban J connectivity index is 1.91. The van der Waals surface area contributed by atoms with Gasteiger partial charge in [0.1, 0.15) is 0 Å². The van der Waals surface area contributed by atoms with E-state index in [-0.39, 0.29) is 30.0 Å². The molecule has 1 aliphatic carbocycles. The number of aliphatic hydroxyl groups is 1. The smallest absolute Gasteiger partial charge is 0.237 e. The van der Waals surface area contributed by atoms with Crippen molar-refractivity contribution in [3.8, 4) is 0 Å². The van der Waals surface area contributed by atoms with Gasteiger partial charge in [0.15, 0.2) is 0 Å². The van der Waals surface area contributed by atoms with Gasteiger partial charge in [-0.1, -0.05) is 33.6 Å². The first-order chi connectivity index (χ1) is 9.41. The zero-order chi connectivity index (χ0) is 14.8. The number of hydrogen-bond acceptors (Lipinski definition) is 3. The molecule has 4 heteroatoms. The van der Waals surface area contributed by atoms with Crippen molar-refractivity contribution in [2.24, 2.45) is 11.3 Å². The molecule has 2 rings (SSSR count). The number of hydrogen-bond donors (Lipinski definition) is 3. The third-order valence-electron chi connectivity index (χ3n) is 4.96. The van der Waals surface area contributed by atoms with Crippen LogP contribution in [0.4, 0.5) is 0 Å². The molecular formula is C16H30N2O2. The Morgan fingerprint density at radius 1 is 1.35 bits per heavy atom. The largest absolute Gasteiger partial charge is 0.396 e. The van der Waals surface area contributed by atoms with E-state index in [2.05, 4.69) is 31.4 Å². The van der Waals surface area contributed by atoms with E-state index in [4.69, 9.17) is 0 Å². The van der Waals surface area contributed by atoms with Gasteiger partial charge in [0.2, 0.25) is 5.91 Å². The standard InChI is InChI=1S/C16H30N2O2/c1-16(2,3)14(8-9-19)18-15(20)13-10-11-6-4-5-7-12(11)17-13/h11-14,17,19H,4-10H2,1-3H3,(H,18,20). The van der Waals surface area contributed by atoms with Gasteiger partial charge in [0.05, 0.1) is 6.04 Å². The van der Waals surface area contributed by atoms with Crippen LogP contribution in [0, 0.1) is 11.3 Å². The van der Waals surface area contributed by atoms with Crippen LogP contribution in [0.5, 0.6) is 0 Å². The SMILES string of the molecule is CC(C)(C)C(CCO)NC(=O)C1CC2CCCCC2N1. The average molecular weight is 282 g/mol. The summed E-state index contributed by atoms with van der Waals surface area (Å²) in [6.45, 7) is 6.44. The van der Waals surface area contributed by atoms with E-state index < -0.39 is 0 Å². The van der Waals surface area contributed by atoms with Gasteiger partial charge in [-0.3, -0.25) is 4.79 Å². The lowest BCUT2D eigenvalue weighted by molar-refractivity contribution is -0.124. The first-order valence-corrected chi connectivity index (χ1v) is 8.09. The van der Waals surface area contributed by atoms with E-state index in [1.165, 1.54) is 25.7 Å². The highest BCUT2D eigenvalue weighted by atomic mass is 16.3. The minimum Gasteiger partial charge on any atom is -0.396 e. The normalized spacial score (nSPS) is 31.7. The molecule has 1 heterocycles. The molecule has 116 valence electrons. The Kier molecular flexibility index (Phi) is 5.08. The number of carbonyl (C=O) groups excluding carboxylic acids is 1. The molecule has 1 amide bonds. The van der Waals surface area contributed by atoms with E-state index >= 15 is 0 Å². The Morgan fingerprint density at radius 3 is 2.65 bits per heavy atom. The number of amides is 1. The van der Waals surface area contributed by atoms with Crippen molar-refractivity contribution in [2.75, 3.05) is 6.61 Å². The van der Waals surface area contributed by atoms with Crippen LogP contribution >= 0.6 is 0 Å². The quantitative estimate of drug-likeness (QED) is 0.737. The Morgan fingerprint density at radius 2 is 2.05 bits per heavy atom. The third-order valence-corrected chi connectivity index (χ3v) is 4.96. The third kappa shape index (κ3) is 3.73. The lowest BCUT2D eigenvalue weighted by Gasteiger charge is -2.32. The number of carbonyl (C=O) groups is 1. The highest BCUT2D eigenvalue weighted by molar-refractivity contribution is 5.82. The van der Waals surface area contributed by atoms with Crippen molar-refractivity contribution in [3.05, 3.63) is 0 Å². The van der Waals surface area contributed by atoms with Crippen molar-refractivity contribution < 1.29 is 9.90 Å². The van der Waals surface area contributed by atoms with Crippen LogP contribution in [0.1, 0.15) is 59.3 Å². The summed E-state index contributed by atoms with van der Waals surface area (Å²) in [6.07, 6.45) is 6.68. The summed E-state index contributed by atoms with van der Waals surface area (Å²) in [5.74, 6) is 0.804. The predicted octanol–water partition coefficient (Wildman–Crippen LogP) is 1.82. The molecule has 4 atom stereocenters. The number of fused-ring (bicyclic) bond motifs is 1. The minimum atomic E-state index is -0.0355. The number of rotatable bonds is 4. The molecule has 0 aromatic rings. The van der Waals surface area contributed by atoms with Crippen LogP contribution in [0.15, 0.2) is 0 Å². The zero-order valence-electron chi connectivity index (χ0n) is 13.1. The lowest BCUT2D eigenvalue weighted by atomic mass is 9.84. The van der Waals surface area contributed by atoms with Gasteiger partial charge < -0.3 is 15.7 Å². The Bertz CT molecular complexity index is 324. The molecule has 3 N–H and O–H groups in total. The van der Waals surface area contributed by atoms with E-state index in [1.54, 1.807) is 0 Å². The van der Waals surface area contributed by atoms with Crippen LogP contribution in [0.2, 0.25) is 0 Å². The molecule has 2 aliphatic rings. The van der Waals surface area contributed by atoms with Crippen molar-refractivity contribution in [1.29, 1.82) is 0 Å². The molecule has 20 heavy (non-hydrogen) atoms. The van der Waals surface area contributed by atoms with Crippen LogP contribution in [-0.4, -0.2) is 35.7 Å². The maximum absolute atomic E-state index is 12.5. The van der Waals surface area contributed by atoms with Crippen LogP contribution in [0.25, 0.3) is 0 Å². The summed E-state index contributed by atoms with van der Waals surface area (Å²) in [4.78, 5) is 12.5. The fraction of sp³-hybridized carbons (Fsp3) is 0.938. The van der Waals surface area contributed by atoms with Crippen LogP contribution in [-0.2, 0) is 4.79 Å². The van der Waals surface area contributed by atoms with Crippen molar-refractivity contribution >= 4 is 5.91 Å². The number of nitrogens with one attached hydrogen (secondary N) is 2. The summed E-state index contributed by atoms with van der Waals surface area (Å²) in [7, 11) is 0. The second kappa shape index (κ2) is 6.44. The fourth-order valence-corrected chi connectivity index (χ4v) is 3.64. The molecule has 1 saturated heterocycles. The minimum absolute atomic E-state index is 0.0241. The van der Waals surface area contributed by atoms with Crippen molar-refractivity contribution in [2.45, 2.75) is 77.4 Å². The summed E-state index contributed by atoms with van der Waals surface area (Å²) in [6, 6.07) is 0.543. The molecule has 0 radical (unpaired) electrons. The molecule has 0 spiro atoms. The van der Waals surface area contributed by atoms with Crippen LogP contribution < -0.4 is 10.6 Å². The number of aliphatic hydroxyl groups excluding tert-OH is 1. The summed E-state index contributed by atoms with van der Waals surface area (Å²) < 4.78 is 0. The first kappa shape index (κ1) is 15.8. The van der Waals surface area contributed by atoms with Gasteiger partial charge in [-0.2, -0.15) is 0 Å². The van der Waals surface area contributed by atoms with Gasteiger partial charge in [0, 0.05) is 18.7 Å². The van der Waals surface area contributed by atoms with Gasteiger partial charge in [-0.15, -0.1) is 0 Å². The van der Waals surface area contributed by atoms with E-state index in [9.17, 15) is 9.90 Å². The van der Waals surface area contributed by atoms with Crippen molar-refractivity contribution in [1.82, 2.24) is 10.6 Å². The first-order valence-electron chi connectivity index (χ1n) is 8.09. The van der Waals surface area contributed by atoms with Gasteiger partial charge >= 0.3 is 0 Å². The average Bonchev–Trinajstić information content (AvgIpc) is 2.80. The Labute approximate surface area is 122 Å². The second-order valence-corrected chi connectivity index (χ2v) is 7.55. The molecule has 2 fully saturated rings. The topological polar surface area (TPSA) is 61.4 Å². The van der Waals surface area contributed by atoms with E-state index in [1.807, 2.05) is 0 Å². The predicted molar refractivity (Wildman–Crippen MR) is 80.4 cm³/mol. The summed E-state index contributed by atoms with van der Waals surface area (Å²) in [5.41, 5.74) is -0.0241. The molecular weight excluding hydrogens is 252 g/mol. The van der Waals surface area contributed by atoms with Gasteiger partial charge in [-0.05, 0) is 37.0 Å². The molecule has 4 unspecified atom stereocenters. The van der Waals surface area contributed by atoms with Gasteiger partial charge in [0.25, 0.3) is 0 Å². The van der Waals surface area contributed by atoms with E-state index in [0.717, 1.165) is 6.42 Å². The van der Waals surface area contributed by atoms with Crippen molar-refractivity contribution in [3.63, 3.8) is 0 Å². The molecule has 0 bridgehead atoms. The van der Waals surface area contributed by atoms with Gasteiger partial charge in [-0.25, -0.2) is 0 Å². The lowest BCUT2D eigenvalue weighted by Crippen LogP contribution is -2.51. The highest BCUT2D eigenvalue weighted by Gasteiger charge is 2.39. The summed E-state index contributed by atoms with van der Waals surface area (Å²) >= 11 is 0. The highest BCUT2D eigenvalue weighted by Crippen LogP contribution is 2.33. The molecule has 1 saturated carbocycles. The maximum Gasteiger partial charge on any atom is 0.237 e. The van der Waals surface area contributed by atoms with Crippen LogP contribution in [0.3, 0.4) is 0 Å². The molecule has 1 aliphatic heterocycles. The molecule has 0 aromatic carbocycles. The van der Waals surface area contributed by atoms with E-state index in [0.29, 0.717) is 18.4 Å². The maximum atomic E-state index is 12.5. The molecule has 4 nitrogen and oxygen atoms in total. The summed E-state index contributed by atoms with van der Waals surface area (Å²) in [5, 5.41) is 15.8. The molecule has 0 aromatic heterocycles. The monoisotopic (exact) mass is 282 g/mol. The Hall–Kier alpha value is -0.610. The zero-order valence-corrected chi connectivity index (χ0v) is 13.1. The fourth-order valence-electron chi connectivity index (χ4n) is 3.64. The second-order valence-electron chi connectivity index (χ2n) is 7.55.